The van der Waals surface area contributed by atoms with Gasteiger partial charge in [0.2, 0.25) is 10.0 Å². The van der Waals surface area contributed by atoms with Crippen molar-refractivity contribution >= 4 is 27.6 Å². The van der Waals surface area contributed by atoms with Crippen LogP contribution in [-0.4, -0.2) is 52.6 Å². The normalized spacial score (nSPS) is 21.2. The van der Waals surface area contributed by atoms with E-state index in [-0.39, 0.29) is 15.5 Å². The molecule has 1 fully saturated rings. The van der Waals surface area contributed by atoms with Crippen LogP contribution < -0.4 is 4.72 Å². The zero-order chi connectivity index (χ0) is 20.0. The molecular formula is C19H29ClN2O4S. The molecule has 1 heterocycles. The maximum atomic E-state index is 12.5. The number of likely N-dealkylation sites (tertiary alicyclic amines) is 1. The van der Waals surface area contributed by atoms with Crippen molar-refractivity contribution < 1.29 is 17.9 Å². The Labute approximate surface area is 167 Å². The summed E-state index contributed by atoms with van der Waals surface area (Å²) in [5, 5.41) is 0.0754. The molecule has 0 aliphatic carbocycles. The van der Waals surface area contributed by atoms with Gasteiger partial charge in [-0.3, -0.25) is 0 Å². The number of unbranched alkanes of at least 4 members (excludes halogenated alkanes) is 1. The van der Waals surface area contributed by atoms with Gasteiger partial charge in [-0.15, -0.1) is 0 Å². The molecule has 8 heteroatoms. The molecule has 152 valence electrons. The van der Waals surface area contributed by atoms with Crippen LogP contribution in [0.3, 0.4) is 0 Å². The smallest absolute Gasteiger partial charge is 0.337 e. The van der Waals surface area contributed by atoms with E-state index in [0.29, 0.717) is 6.54 Å². The Balaban J connectivity index is 1.85. The second-order valence-corrected chi connectivity index (χ2v) is 9.59. The van der Waals surface area contributed by atoms with Gasteiger partial charge in [0.25, 0.3) is 0 Å². The minimum Gasteiger partial charge on any atom is -0.465 e. The average molecular weight is 417 g/mol. The third-order valence-corrected chi connectivity index (χ3v) is 6.72. The van der Waals surface area contributed by atoms with Gasteiger partial charge in [-0.1, -0.05) is 25.4 Å². The summed E-state index contributed by atoms with van der Waals surface area (Å²) in [5.41, 5.74) is 0.149. The zero-order valence-electron chi connectivity index (χ0n) is 16.2. The summed E-state index contributed by atoms with van der Waals surface area (Å²) >= 11 is 6.02. The maximum absolute atomic E-state index is 12.5. The Morgan fingerprint density at radius 1 is 1.26 bits per heavy atom. The van der Waals surface area contributed by atoms with Crippen LogP contribution in [-0.2, 0) is 14.8 Å². The Bertz CT molecular complexity index is 744. The van der Waals surface area contributed by atoms with Crippen LogP contribution >= 0.6 is 11.6 Å². The monoisotopic (exact) mass is 416 g/mol. The third kappa shape index (κ3) is 6.45. The van der Waals surface area contributed by atoms with Crippen LogP contribution in [0.5, 0.6) is 0 Å². The fourth-order valence-corrected chi connectivity index (χ4v) is 5.27. The van der Waals surface area contributed by atoms with Crippen molar-refractivity contribution in [3.63, 3.8) is 0 Å². The number of methoxy groups -OCH3 is 1. The Kier molecular flexibility index (Phi) is 8.09. The number of esters is 1. The number of nitrogens with one attached hydrogen (secondary N) is 1. The molecule has 1 aliphatic rings. The van der Waals surface area contributed by atoms with Crippen LogP contribution in [0.15, 0.2) is 23.1 Å². The lowest BCUT2D eigenvalue weighted by Crippen LogP contribution is -2.39. The molecule has 1 aromatic rings. The Morgan fingerprint density at radius 2 is 1.93 bits per heavy atom. The summed E-state index contributed by atoms with van der Waals surface area (Å²) in [7, 11) is -2.54. The van der Waals surface area contributed by atoms with Crippen LogP contribution in [0.2, 0.25) is 5.02 Å². The molecule has 27 heavy (non-hydrogen) atoms. The highest BCUT2D eigenvalue weighted by Gasteiger charge is 2.22. The summed E-state index contributed by atoms with van der Waals surface area (Å²) in [5.74, 6) is 0.834. The molecule has 0 spiro atoms. The van der Waals surface area contributed by atoms with Crippen molar-refractivity contribution in [3.8, 4) is 0 Å². The molecule has 0 saturated carbocycles. The first kappa shape index (κ1) is 22.1. The molecule has 2 atom stereocenters. The summed E-state index contributed by atoms with van der Waals surface area (Å²) in [4.78, 5) is 14.0. The molecule has 0 bridgehead atoms. The van der Waals surface area contributed by atoms with E-state index in [2.05, 4.69) is 28.2 Å². The van der Waals surface area contributed by atoms with E-state index in [1.165, 1.54) is 31.7 Å². The zero-order valence-corrected chi connectivity index (χ0v) is 17.8. The summed E-state index contributed by atoms with van der Waals surface area (Å²) < 4.78 is 32.2. The van der Waals surface area contributed by atoms with E-state index >= 15 is 0 Å². The second-order valence-electron chi connectivity index (χ2n) is 7.45. The van der Waals surface area contributed by atoms with Gasteiger partial charge in [0.15, 0.2) is 0 Å². The van der Waals surface area contributed by atoms with E-state index < -0.39 is 16.0 Å². The topological polar surface area (TPSA) is 75.7 Å². The average Bonchev–Trinajstić information content (AvgIpc) is 2.60. The summed E-state index contributed by atoms with van der Waals surface area (Å²) in [6.45, 7) is 8.11. The first-order chi connectivity index (χ1) is 12.7. The van der Waals surface area contributed by atoms with Gasteiger partial charge >= 0.3 is 5.97 Å². The number of rotatable bonds is 8. The number of sulfonamides is 1. The van der Waals surface area contributed by atoms with Gasteiger partial charge in [-0.2, -0.15) is 0 Å². The predicted octanol–water partition coefficient (Wildman–Crippen LogP) is 3.16. The standard InChI is InChI=1S/C19H29ClN2O4S/c1-14-10-15(2)13-22(12-14)9-5-4-8-21-27(24,25)18-11-16(19(23)26-3)6-7-17(18)20/h6-7,11,14-15,21H,4-5,8-10,12-13H2,1-3H3. The number of carbonyl (C=O) groups excluding carboxylic acids is 1. The van der Waals surface area contributed by atoms with Gasteiger partial charge in [-0.25, -0.2) is 17.9 Å². The number of ether oxygens (including phenoxy) is 1. The molecule has 0 aromatic heterocycles. The molecule has 1 aromatic carbocycles. The number of halogens is 1. The van der Waals surface area contributed by atoms with Crippen LogP contribution in [0.1, 0.15) is 43.5 Å². The van der Waals surface area contributed by atoms with Crippen LogP contribution in [0, 0.1) is 11.8 Å². The molecule has 6 nitrogen and oxygen atoms in total. The van der Waals surface area contributed by atoms with E-state index in [9.17, 15) is 13.2 Å². The SMILES string of the molecule is COC(=O)c1ccc(Cl)c(S(=O)(=O)NCCCCN2CC(C)CC(C)C2)c1. The van der Waals surface area contributed by atoms with Crippen molar-refractivity contribution in [1.29, 1.82) is 0 Å². The lowest BCUT2D eigenvalue weighted by Gasteiger charge is -2.34. The third-order valence-electron chi connectivity index (χ3n) is 4.78. The van der Waals surface area contributed by atoms with Crippen molar-refractivity contribution in [2.45, 2.75) is 38.0 Å². The van der Waals surface area contributed by atoms with Gasteiger partial charge in [0.1, 0.15) is 4.90 Å². The second kappa shape index (κ2) is 9.87. The van der Waals surface area contributed by atoms with E-state index in [1.807, 2.05) is 0 Å². The van der Waals surface area contributed by atoms with Crippen molar-refractivity contribution in [1.82, 2.24) is 9.62 Å². The minimum absolute atomic E-state index is 0.0754. The quantitative estimate of drug-likeness (QED) is 0.520. The molecule has 0 amide bonds. The number of nitrogens with zero attached hydrogens (tertiary/aromatic N) is 1. The fraction of sp³-hybridized carbons (Fsp3) is 0.632. The van der Waals surface area contributed by atoms with Gasteiger partial charge < -0.3 is 9.64 Å². The highest BCUT2D eigenvalue weighted by Crippen LogP contribution is 2.23. The highest BCUT2D eigenvalue weighted by atomic mass is 35.5. The first-order valence-corrected chi connectivity index (χ1v) is 11.2. The Hall–Kier alpha value is -1.15. The molecule has 2 unspecified atom stereocenters. The lowest BCUT2D eigenvalue weighted by atomic mass is 9.92. The van der Waals surface area contributed by atoms with E-state index in [1.54, 1.807) is 0 Å². The van der Waals surface area contributed by atoms with E-state index in [0.717, 1.165) is 44.3 Å². The van der Waals surface area contributed by atoms with Gasteiger partial charge in [-0.05, 0) is 55.8 Å². The largest absolute Gasteiger partial charge is 0.465 e. The number of hydrogen-bond acceptors (Lipinski definition) is 5. The van der Waals surface area contributed by atoms with Crippen molar-refractivity contribution in [3.05, 3.63) is 28.8 Å². The van der Waals surface area contributed by atoms with Crippen molar-refractivity contribution in [2.75, 3.05) is 33.3 Å². The number of benzene rings is 1. The molecule has 2 rings (SSSR count). The summed E-state index contributed by atoms with van der Waals surface area (Å²) in [6, 6.07) is 4.07. The van der Waals surface area contributed by atoms with Gasteiger partial charge in [0, 0.05) is 19.6 Å². The number of hydrogen-bond donors (Lipinski definition) is 1. The lowest BCUT2D eigenvalue weighted by molar-refractivity contribution is 0.0600. The first-order valence-electron chi connectivity index (χ1n) is 9.33. The fourth-order valence-electron chi connectivity index (χ4n) is 3.67. The molecule has 1 aliphatic heterocycles. The maximum Gasteiger partial charge on any atom is 0.337 e. The minimum atomic E-state index is -3.78. The number of carbonyl (C=O) groups is 1. The van der Waals surface area contributed by atoms with Gasteiger partial charge in [0.05, 0.1) is 17.7 Å². The molecular weight excluding hydrogens is 388 g/mol. The Morgan fingerprint density at radius 3 is 2.56 bits per heavy atom. The highest BCUT2D eigenvalue weighted by molar-refractivity contribution is 7.89. The van der Waals surface area contributed by atoms with Crippen LogP contribution in [0.4, 0.5) is 0 Å². The molecule has 1 saturated heterocycles. The summed E-state index contributed by atoms with van der Waals surface area (Å²) in [6.07, 6.45) is 2.95. The molecule has 0 radical (unpaired) electrons. The molecule has 1 N–H and O–H groups in total. The van der Waals surface area contributed by atoms with Crippen molar-refractivity contribution in [2.24, 2.45) is 11.8 Å². The number of piperidine rings is 1. The van der Waals surface area contributed by atoms with Crippen LogP contribution in [0.25, 0.3) is 0 Å². The van der Waals surface area contributed by atoms with E-state index in [4.69, 9.17) is 11.6 Å². The predicted molar refractivity (Wildman–Crippen MR) is 107 cm³/mol.